The summed E-state index contributed by atoms with van der Waals surface area (Å²) in [6, 6.07) is 3.70. The van der Waals surface area contributed by atoms with Crippen molar-refractivity contribution in [1.29, 1.82) is 0 Å². The van der Waals surface area contributed by atoms with Crippen LogP contribution < -0.4 is 10.6 Å². The van der Waals surface area contributed by atoms with Gasteiger partial charge in [-0.25, -0.2) is 4.98 Å². The molecule has 104 valence electrons. The molecule has 19 heavy (non-hydrogen) atoms. The summed E-state index contributed by atoms with van der Waals surface area (Å²) in [6.45, 7) is 4.61. The van der Waals surface area contributed by atoms with Gasteiger partial charge in [0.25, 0.3) is 0 Å². The predicted molar refractivity (Wildman–Crippen MR) is 73.6 cm³/mol. The van der Waals surface area contributed by atoms with E-state index in [-0.39, 0.29) is 11.9 Å². The molecular weight excluding hydrogens is 244 g/mol. The number of nitrogens with two attached hydrogens (primary N) is 1. The summed E-state index contributed by atoms with van der Waals surface area (Å²) in [7, 11) is 0. The summed E-state index contributed by atoms with van der Waals surface area (Å²) < 4.78 is 5.67. The normalized spacial score (nSPS) is 20.6. The number of aromatic nitrogens is 1. The number of amidine groups is 1. The molecule has 1 aromatic heterocycles. The van der Waals surface area contributed by atoms with E-state index in [4.69, 9.17) is 15.7 Å². The molecule has 0 spiro atoms. The van der Waals surface area contributed by atoms with Gasteiger partial charge in [0.15, 0.2) is 5.84 Å². The number of piperidine rings is 1. The fourth-order valence-electron chi connectivity index (χ4n) is 2.30. The van der Waals surface area contributed by atoms with Gasteiger partial charge in [0.2, 0.25) is 0 Å². The molecule has 0 aromatic carbocycles. The maximum absolute atomic E-state index is 8.61. The number of oxime groups is 1. The molecule has 1 aliphatic heterocycles. The largest absolute Gasteiger partial charge is 0.409 e. The molecule has 2 heterocycles. The first-order valence-corrected chi connectivity index (χ1v) is 6.55. The van der Waals surface area contributed by atoms with Crippen LogP contribution in [0.15, 0.2) is 23.5 Å². The van der Waals surface area contributed by atoms with E-state index >= 15 is 0 Å². The molecule has 0 aliphatic carbocycles. The predicted octanol–water partition coefficient (Wildman–Crippen LogP) is 1.18. The Kier molecular flexibility index (Phi) is 4.57. The average Bonchev–Trinajstić information content (AvgIpc) is 2.47. The Hall–Kier alpha value is -1.82. The molecule has 1 fully saturated rings. The number of rotatable bonds is 4. The van der Waals surface area contributed by atoms with Crippen LogP contribution in [-0.2, 0) is 4.74 Å². The second-order valence-electron chi connectivity index (χ2n) is 4.56. The summed E-state index contributed by atoms with van der Waals surface area (Å²) in [5, 5.41) is 11.6. The number of hydrogen-bond donors (Lipinski definition) is 2. The van der Waals surface area contributed by atoms with E-state index in [1.807, 2.05) is 19.1 Å². The zero-order valence-corrected chi connectivity index (χ0v) is 11.1. The van der Waals surface area contributed by atoms with Gasteiger partial charge in [-0.3, -0.25) is 0 Å². The van der Waals surface area contributed by atoms with Crippen molar-refractivity contribution < 1.29 is 9.94 Å². The van der Waals surface area contributed by atoms with Crippen molar-refractivity contribution in [3.05, 3.63) is 23.9 Å². The lowest BCUT2D eigenvalue weighted by molar-refractivity contribution is 0.0525. The van der Waals surface area contributed by atoms with E-state index in [0.717, 1.165) is 38.4 Å². The van der Waals surface area contributed by atoms with Crippen LogP contribution in [0.1, 0.15) is 25.3 Å². The minimum atomic E-state index is 0.0740. The van der Waals surface area contributed by atoms with Gasteiger partial charge in [-0.1, -0.05) is 5.16 Å². The number of anilines is 1. The Bertz CT molecular complexity index is 431. The van der Waals surface area contributed by atoms with Gasteiger partial charge in [0, 0.05) is 31.5 Å². The third-order valence-electron chi connectivity index (χ3n) is 3.26. The highest BCUT2D eigenvalue weighted by Crippen LogP contribution is 2.19. The van der Waals surface area contributed by atoms with Crippen LogP contribution in [-0.4, -0.2) is 41.8 Å². The molecule has 1 aliphatic rings. The maximum atomic E-state index is 8.61. The second kappa shape index (κ2) is 6.38. The number of nitrogens with zero attached hydrogens (tertiary/aromatic N) is 3. The van der Waals surface area contributed by atoms with E-state index in [1.54, 1.807) is 6.20 Å². The highest BCUT2D eigenvalue weighted by Gasteiger charge is 2.20. The van der Waals surface area contributed by atoms with Crippen LogP contribution in [0, 0.1) is 0 Å². The zero-order chi connectivity index (χ0) is 13.7. The van der Waals surface area contributed by atoms with Crippen LogP contribution in [0.25, 0.3) is 0 Å². The van der Waals surface area contributed by atoms with Crippen molar-refractivity contribution in [2.45, 2.75) is 25.9 Å². The number of ether oxygens (including phenoxy) is 1. The van der Waals surface area contributed by atoms with E-state index < -0.39 is 0 Å². The van der Waals surface area contributed by atoms with Crippen molar-refractivity contribution in [2.75, 3.05) is 24.6 Å². The van der Waals surface area contributed by atoms with Crippen LogP contribution in [0.5, 0.6) is 0 Å². The molecule has 3 N–H and O–H groups in total. The van der Waals surface area contributed by atoms with Crippen LogP contribution >= 0.6 is 0 Å². The first-order valence-electron chi connectivity index (χ1n) is 6.55. The van der Waals surface area contributed by atoms with Crippen LogP contribution in [0.4, 0.5) is 5.82 Å². The van der Waals surface area contributed by atoms with Gasteiger partial charge >= 0.3 is 0 Å². The number of pyridine rings is 1. The molecule has 0 saturated carbocycles. The fraction of sp³-hybridized carbons (Fsp3) is 0.538. The van der Waals surface area contributed by atoms with E-state index in [1.165, 1.54) is 0 Å². The Morgan fingerprint density at radius 2 is 2.47 bits per heavy atom. The minimum Gasteiger partial charge on any atom is -0.409 e. The topological polar surface area (TPSA) is 84.0 Å². The summed E-state index contributed by atoms with van der Waals surface area (Å²) >= 11 is 0. The molecule has 0 amide bonds. The highest BCUT2D eigenvalue weighted by atomic mass is 16.5. The molecular formula is C13H20N4O2. The smallest absolute Gasteiger partial charge is 0.171 e. The summed E-state index contributed by atoms with van der Waals surface area (Å²) in [6.07, 6.45) is 4.11. The van der Waals surface area contributed by atoms with Gasteiger partial charge in [-0.05, 0) is 31.9 Å². The lowest BCUT2D eigenvalue weighted by atomic mass is 10.1. The lowest BCUT2D eigenvalue weighted by Crippen LogP contribution is -2.40. The molecule has 1 saturated heterocycles. The van der Waals surface area contributed by atoms with Gasteiger partial charge in [0.05, 0.1) is 6.10 Å². The van der Waals surface area contributed by atoms with Crippen LogP contribution in [0.3, 0.4) is 0 Å². The van der Waals surface area contributed by atoms with Crippen molar-refractivity contribution in [2.24, 2.45) is 10.9 Å². The third-order valence-corrected chi connectivity index (χ3v) is 3.26. The quantitative estimate of drug-likeness (QED) is 0.369. The molecule has 6 heteroatoms. The standard InChI is InChI=1S/C13H20N4O2/c1-2-19-11-4-3-7-17(9-11)12-6-5-10(8-15-12)13(14)16-18/h5-6,8,11,18H,2-4,7,9H2,1H3,(H2,14,16). The van der Waals surface area contributed by atoms with Crippen molar-refractivity contribution in [3.63, 3.8) is 0 Å². The van der Waals surface area contributed by atoms with Crippen molar-refractivity contribution in [1.82, 2.24) is 4.98 Å². The molecule has 0 radical (unpaired) electrons. The second-order valence-corrected chi connectivity index (χ2v) is 4.56. The van der Waals surface area contributed by atoms with Gasteiger partial charge in [0.1, 0.15) is 5.82 Å². The van der Waals surface area contributed by atoms with Crippen LogP contribution in [0.2, 0.25) is 0 Å². The fourth-order valence-corrected chi connectivity index (χ4v) is 2.30. The monoisotopic (exact) mass is 264 g/mol. The van der Waals surface area contributed by atoms with E-state index in [9.17, 15) is 0 Å². The summed E-state index contributed by atoms with van der Waals surface area (Å²) in [4.78, 5) is 6.57. The molecule has 6 nitrogen and oxygen atoms in total. The lowest BCUT2D eigenvalue weighted by Gasteiger charge is -2.33. The first-order chi connectivity index (χ1) is 9.24. The Balaban J connectivity index is 2.05. The molecule has 1 atom stereocenters. The summed E-state index contributed by atoms with van der Waals surface area (Å²) in [5.74, 6) is 0.976. The van der Waals surface area contributed by atoms with Gasteiger partial charge in [-0.2, -0.15) is 0 Å². The average molecular weight is 264 g/mol. The SMILES string of the molecule is CCOC1CCCN(c2ccc(/C(N)=N/O)cn2)C1. The molecule has 2 rings (SSSR count). The third kappa shape index (κ3) is 3.35. The number of hydrogen-bond acceptors (Lipinski definition) is 5. The van der Waals surface area contributed by atoms with Gasteiger partial charge < -0.3 is 20.6 Å². The van der Waals surface area contributed by atoms with Crippen molar-refractivity contribution in [3.8, 4) is 0 Å². The molecule has 0 bridgehead atoms. The molecule has 1 unspecified atom stereocenters. The van der Waals surface area contributed by atoms with Gasteiger partial charge in [-0.15, -0.1) is 0 Å². The zero-order valence-electron chi connectivity index (χ0n) is 11.1. The summed E-state index contributed by atoms with van der Waals surface area (Å²) in [5.41, 5.74) is 6.13. The van der Waals surface area contributed by atoms with E-state index in [2.05, 4.69) is 15.0 Å². The Morgan fingerprint density at radius 1 is 1.63 bits per heavy atom. The first kappa shape index (κ1) is 13.6. The molecule has 1 aromatic rings. The Labute approximate surface area is 112 Å². The van der Waals surface area contributed by atoms with E-state index in [0.29, 0.717) is 5.56 Å². The minimum absolute atomic E-state index is 0.0740. The maximum Gasteiger partial charge on any atom is 0.171 e. The van der Waals surface area contributed by atoms with Crippen molar-refractivity contribution >= 4 is 11.7 Å². The highest BCUT2D eigenvalue weighted by molar-refractivity contribution is 5.96. The Morgan fingerprint density at radius 3 is 3.11 bits per heavy atom.